The van der Waals surface area contributed by atoms with Crippen LogP contribution in [0, 0.1) is 5.82 Å². The molecule has 3 aromatic heterocycles. The molecule has 1 unspecified atom stereocenters. The van der Waals surface area contributed by atoms with E-state index in [1.807, 2.05) is 13.8 Å². The Labute approximate surface area is 223 Å². The van der Waals surface area contributed by atoms with Crippen molar-refractivity contribution >= 4 is 29.1 Å². The van der Waals surface area contributed by atoms with Gasteiger partial charge in [0.05, 0.1) is 24.1 Å². The fourth-order valence-corrected chi connectivity index (χ4v) is 4.40. The molecule has 0 spiro atoms. The SMILES string of the molecule is C=CC(=O)Nc1ccc(C(=O)N2CCCC(Nc3nc4cnc(-c5cn[nH]c5)c(OC(C)C)n4n3)C2)c(F)c1. The average molecular weight is 534 g/mol. The lowest BCUT2D eigenvalue weighted by molar-refractivity contribution is -0.111. The zero-order valence-corrected chi connectivity index (χ0v) is 21.5. The fraction of sp³-hybridized carbons (Fsp3) is 0.308. The zero-order chi connectivity index (χ0) is 27.5. The Kier molecular flexibility index (Phi) is 7.21. The molecular formula is C26H28FN9O3. The number of nitrogens with one attached hydrogen (secondary N) is 3. The second kappa shape index (κ2) is 10.9. The molecule has 39 heavy (non-hydrogen) atoms. The summed E-state index contributed by atoms with van der Waals surface area (Å²) in [7, 11) is 0. The van der Waals surface area contributed by atoms with Crippen LogP contribution >= 0.6 is 0 Å². The fourth-order valence-electron chi connectivity index (χ4n) is 4.40. The number of hydrogen-bond donors (Lipinski definition) is 3. The second-order valence-corrected chi connectivity index (χ2v) is 9.39. The lowest BCUT2D eigenvalue weighted by Gasteiger charge is -2.33. The van der Waals surface area contributed by atoms with Crippen molar-refractivity contribution in [3.8, 4) is 17.1 Å². The highest BCUT2D eigenvalue weighted by molar-refractivity contribution is 6.00. The van der Waals surface area contributed by atoms with Crippen LogP contribution in [0.1, 0.15) is 37.0 Å². The number of carbonyl (C=O) groups is 2. The van der Waals surface area contributed by atoms with E-state index < -0.39 is 17.6 Å². The number of H-pyrrole nitrogens is 1. The first-order valence-corrected chi connectivity index (χ1v) is 12.5. The highest BCUT2D eigenvalue weighted by Gasteiger charge is 2.27. The van der Waals surface area contributed by atoms with Gasteiger partial charge in [-0.2, -0.15) is 14.6 Å². The zero-order valence-electron chi connectivity index (χ0n) is 21.5. The molecule has 0 bridgehead atoms. The molecule has 202 valence electrons. The number of rotatable bonds is 8. The van der Waals surface area contributed by atoms with Crippen LogP contribution in [0.15, 0.2) is 49.4 Å². The van der Waals surface area contributed by atoms with Crippen LogP contribution in [-0.4, -0.2) is 71.7 Å². The number of hydrogen-bond acceptors (Lipinski definition) is 8. The van der Waals surface area contributed by atoms with Crippen LogP contribution in [0.4, 0.5) is 16.0 Å². The Bertz CT molecular complexity index is 1520. The maximum Gasteiger partial charge on any atom is 0.256 e. The first-order chi connectivity index (χ1) is 18.8. The number of aromatic amines is 1. The summed E-state index contributed by atoms with van der Waals surface area (Å²) in [6, 6.07) is 3.83. The number of carbonyl (C=O) groups excluding carboxylic acids is 2. The number of benzene rings is 1. The first kappa shape index (κ1) is 25.8. The molecule has 1 fully saturated rings. The quantitative estimate of drug-likeness (QED) is 0.293. The van der Waals surface area contributed by atoms with E-state index in [0.29, 0.717) is 36.3 Å². The van der Waals surface area contributed by atoms with Crippen molar-refractivity contribution in [2.45, 2.75) is 38.8 Å². The van der Waals surface area contributed by atoms with Crippen LogP contribution in [0.5, 0.6) is 5.88 Å². The summed E-state index contributed by atoms with van der Waals surface area (Å²) in [5.74, 6) is -0.798. The normalized spacial score (nSPS) is 15.4. The monoisotopic (exact) mass is 533 g/mol. The largest absolute Gasteiger partial charge is 0.473 e. The molecule has 0 saturated carbocycles. The van der Waals surface area contributed by atoms with Gasteiger partial charge in [-0.3, -0.25) is 14.7 Å². The van der Waals surface area contributed by atoms with E-state index in [2.05, 4.69) is 42.5 Å². The van der Waals surface area contributed by atoms with E-state index in [1.165, 1.54) is 12.1 Å². The maximum absolute atomic E-state index is 14.7. The number of fused-ring (bicyclic) bond motifs is 1. The summed E-state index contributed by atoms with van der Waals surface area (Å²) >= 11 is 0. The number of anilines is 2. The Morgan fingerprint density at radius 2 is 2.15 bits per heavy atom. The topological polar surface area (TPSA) is 142 Å². The minimum atomic E-state index is -0.711. The number of ether oxygens (including phenoxy) is 1. The van der Waals surface area contributed by atoms with Gasteiger partial charge in [0.1, 0.15) is 11.5 Å². The van der Waals surface area contributed by atoms with Gasteiger partial charge in [-0.05, 0) is 51.0 Å². The molecule has 2 amide bonds. The molecular weight excluding hydrogens is 505 g/mol. The highest BCUT2D eigenvalue weighted by Crippen LogP contribution is 2.29. The van der Waals surface area contributed by atoms with Gasteiger partial charge in [-0.15, -0.1) is 5.10 Å². The van der Waals surface area contributed by atoms with E-state index >= 15 is 0 Å². The molecule has 0 radical (unpaired) electrons. The third-order valence-electron chi connectivity index (χ3n) is 6.15. The standard InChI is InChI=1S/C26H28FN9O3/c1-4-22(37)31-17-7-8-19(20(27)10-17)24(38)35-9-5-6-18(14-35)32-26-33-21-13-28-23(16-11-29-30-12-16)25(36(21)34-26)39-15(2)3/h4,7-8,10-13,15,18H,1,5-6,9,14H2,2-3H3,(H,29,30)(H,31,37)(H,32,34). The molecule has 13 heteroatoms. The van der Waals surface area contributed by atoms with Gasteiger partial charge in [0.15, 0.2) is 5.65 Å². The van der Waals surface area contributed by atoms with Crippen LogP contribution < -0.4 is 15.4 Å². The summed E-state index contributed by atoms with van der Waals surface area (Å²) in [6.07, 6.45) is 7.44. The van der Waals surface area contributed by atoms with Gasteiger partial charge >= 0.3 is 0 Å². The van der Waals surface area contributed by atoms with Crippen molar-refractivity contribution in [2.24, 2.45) is 0 Å². The van der Waals surface area contributed by atoms with Crippen LogP contribution in [0.2, 0.25) is 0 Å². The number of halogens is 1. The molecule has 1 aromatic carbocycles. The second-order valence-electron chi connectivity index (χ2n) is 9.39. The van der Waals surface area contributed by atoms with E-state index in [1.54, 1.807) is 28.0 Å². The molecule has 5 rings (SSSR count). The molecule has 4 heterocycles. The predicted octanol–water partition coefficient (Wildman–Crippen LogP) is 3.28. The van der Waals surface area contributed by atoms with Gasteiger partial charge in [0, 0.05) is 36.6 Å². The molecule has 0 aliphatic carbocycles. The van der Waals surface area contributed by atoms with Gasteiger partial charge < -0.3 is 20.3 Å². The molecule has 12 nitrogen and oxygen atoms in total. The van der Waals surface area contributed by atoms with Crippen molar-refractivity contribution in [1.29, 1.82) is 0 Å². The lowest BCUT2D eigenvalue weighted by Crippen LogP contribution is -2.45. The number of likely N-dealkylation sites (tertiary alicyclic amines) is 1. The van der Waals surface area contributed by atoms with Gasteiger partial charge in [0.25, 0.3) is 5.91 Å². The van der Waals surface area contributed by atoms with E-state index in [-0.39, 0.29) is 23.4 Å². The van der Waals surface area contributed by atoms with Crippen molar-refractivity contribution in [2.75, 3.05) is 23.7 Å². The van der Waals surface area contributed by atoms with E-state index in [9.17, 15) is 14.0 Å². The predicted molar refractivity (Wildman–Crippen MR) is 142 cm³/mol. The van der Waals surface area contributed by atoms with Gasteiger partial charge in [0.2, 0.25) is 17.7 Å². The number of aromatic nitrogens is 6. The minimum absolute atomic E-state index is 0.0635. The van der Waals surface area contributed by atoms with E-state index in [0.717, 1.165) is 30.5 Å². The average Bonchev–Trinajstić information content (AvgIpc) is 3.59. The number of nitrogens with zero attached hydrogens (tertiary/aromatic N) is 6. The smallest absolute Gasteiger partial charge is 0.256 e. The van der Waals surface area contributed by atoms with Crippen molar-refractivity contribution in [3.63, 3.8) is 0 Å². The molecule has 1 atom stereocenters. The Hall–Kier alpha value is -4.81. The molecule has 4 aromatic rings. The van der Waals surface area contributed by atoms with Crippen LogP contribution in [-0.2, 0) is 4.79 Å². The summed E-state index contributed by atoms with van der Waals surface area (Å²) in [4.78, 5) is 35.3. The summed E-state index contributed by atoms with van der Waals surface area (Å²) in [5, 5.41) is 17.2. The van der Waals surface area contributed by atoms with Crippen molar-refractivity contribution in [3.05, 3.63) is 60.8 Å². The maximum atomic E-state index is 14.7. The Morgan fingerprint density at radius 1 is 1.31 bits per heavy atom. The first-order valence-electron chi connectivity index (χ1n) is 12.5. The Balaban J connectivity index is 1.33. The van der Waals surface area contributed by atoms with Gasteiger partial charge in [-0.1, -0.05) is 6.58 Å². The molecule has 1 saturated heterocycles. The summed E-state index contributed by atoms with van der Waals surface area (Å²) < 4.78 is 22.4. The van der Waals surface area contributed by atoms with Crippen molar-refractivity contribution < 1.29 is 18.7 Å². The highest BCUT2D eigenvalue weighted by atomic mass is 19.1. The van der Waals surface area contributed by atoms with Gasteiger partial charge in [-0.25, -0.2) is 9.37 Å². The van der Waals surface area contributed by atoms with Crippen molar-refractivity contribution in [1.82, 2.24) is 34.7 Å². The third kappa shape index (κ3) is 5.56. The Morgan fingerprint density at radius 3 is 2.87 bits per heavy atom. The lowest BCUT2D eigenvalue weighted by atomic mass is 10.0. The number of piperidine rings is 1. The van der Waals surface area contributed by atoms with Crippen LogP contribution in [0.25, 0.3) is 16.9 Å². The van der Waals surface area contributed by atoms with Crippen LogP contribution in [0.3, 0.4) is 0 Å². The third-order valence-corrected chi connectivity index (χ3v) is 6.15. The molecule has 1 aliphatic heterocycles. The molecule has 3 N–H and O–H groups in total. The number of amides is 2. The summed E-state index contributed by atoms with van der Waals surface area (Å²) in [5.41, 5.74) is 2.01. The molecule has 1 aliphatic rings. The van der Waals surface area contributed by atoms with E-state index in [4.69, 9.17) is 4.74 Å². The minimum Gasteiger partial charge on any atom is -0.473 e. The summed E-state index contributed by atoms with van der Waals surface area (Å²) in [6.45, 7) is 8.03.